The van der Waals surface area contributed by atoms with E-state index in [1.165, 1.54) is 0 Å². The molecule has 0 saturated carbocycles. The summed E-state index contributed by atoms with van der Waals surface area (Å²) in [7, 11) is 0. The minimum Gasteiger partial charge on any atom is -0.388 e. The molecule has 96 valence electrons. The molecule has 3 heteroatoms. The molecule has 0 aliphatic carbocycles. The van der Waals surface area contributed by atoms with Gasteiger partial charge in [0, 0.05) is 17.9 Å². The van der Waals surface area contributed by atoms with Gasteiger partial charge in [-0.2, -0.15) is 0 Å². The van der Waals surface area contributed by atoms with Crippen molar-refractivity contribution in [3.8, 4) is 0 Å². The van der Waals surface area contributed by atoms with Gasteiger partial charge in [-0.15, -0.1) is 0 Å². The van der Waals surface area contributed by atoms with Crippen LogP contribution in [-0.2, 0) is 11.3 Å². The molecule has 0 amide bonds. The van der Waals surface area contributed by atoms with E-state index in [0.717, 1.165) is 11.3 Å². The van der Waals surface area contributed by atoms with Crippen molar-refractivity contribution in [2.75, 3.05) is 11.9 Å². The molecule has 0 spiro atoms. The maximum absolute atomic E-state index is 9.92. The fourth-order valence-corrected chi connectivity index (χ4v) is 1.41. The van der Waals surface area contributed by atoms with Crippen molar-refractivity contribution in [1.82, 2.24) is 0 Å². The first-order valence-electron chi connectivity index (χ1n) is 6.09. The van der Waals surface area contributed by atoms with E-state index in [1.807, 2.05) is 38.1 Å². The lowest BCUT2D eigenvalue weighted by Gasteiger charge is -2.28. The van der Waals surface area contributed by atoms with Crippen LogP contribution in [0.25, 0.3) is 0 Å². The van der Waals surface area contributed by atoms with E-state index >= 15 is 0 Å². The van der Waals surface area contributed by atoms with E-state index in [0.29, 0.717) is 13.2 Å². The second-order valence-electron chi connectivity index (χ2n) is 4.81. The maximum Gasteiger partial charge on any atom is 0.0789 e. The van der Waals surface area contributed by atoms with E-state index in [2.05, 4.69) is 5.32 Å². The smallest absolute Gasteiger partial charge is 0.0789 e. The first-order chi connectivity index (χ1) is 7.95. The number of benzene rings is 1. The van der Waals surface area contributed by atoms with Crippen LogP contribution in [-0.4, -0.2) is 23.4 Å². The van der Waals surface area contributed by atoms with Crippen molar-refractivity contribution in [1.29, 1.82) is 0 Å². The molecule has 0 heterocycles. The summed E-state index contributed by atoms with van der Waals surface area (Å²) in [6.07, 6.45) is 0. The Kier molecular flexibility index (Phi) is 4.97. The fraction of sp³-hybridized carbons (Fsp3) is 0.571. The highest BCUT2D eigenvalue weighted by Crippen LogP contribution is 2.20. The number of rotatable bonds is 6. The summed E-state index contributed by atoms with van der Waals surface area (Å²) in [5, 5.41) is 13.3. The molecule has 0 saturated heterocycles. The van der Waals surface area contributed by atoms with Crippen molar-refractivity contribution in [3.63, 3.8) is 0 Å². The summed E-state index contributed by atoms with van der Waals surface area (Å²) in [5.41, 5.74) is 1.39. The molecule has 3 nitrogen and oxygen atoms in total. The second kappa shape index (κ2) is 6.03. The Balaban J connectivity index is 2.76. The molecule has 1 atom stereocenters. The van der Waals surface area contributed by atoms with Gasteiger partial charge in [0.15, 0.2) is 0 Å². The molecular formula is C14H23NO2. The lowest BCUT2D eigenvalue weighted by atomic mass is 10.00. The van der Waals surface area contributed by atoms with Crippen molar-refractivity contribution in [2.45, 2.75) is 45.9 Å². The highest BCUT2D eigenvalue weighted by Gasteiger charge is 2.22. The van der Waals surface area contributed by atoms with E-state index in [4.69, 9.17) is 4.74 Å². The Hall–Kier alpha value is -1.06. The Morgan fingerprint density at radius 1 is 1.35 bits per heavy atom. The normalized spacial score (nSPS) is 13.5. The molecule has 1 unspecified atom stereocenters. The third kappa shape index (κ3) is 4.36. The molecule has 0 radical (unpaired) electrons. The lowest BCUT2D eigenvalue weighted by Crippen LogP contribution is -2.39. The van der Waals surface area contributed by atoms with Crippen LogP contribution in [0.4, 0.5) is 5.69 Å². The molecule has 1 aromatic rings. The zero-order chi connectivity index (χ0) is 12.9. The fourth-order valence-electron chi connectivity index (χ4n) is 1.41. The highest BCUT2D eigenvalue weighted by atomic mass is 16.5. The van der Waals surface area contributed by atoms with Crippen LogP contribution in [0.2, 0.25) is 0 Å². The second-order valence-corrected chi connectivity index (χ2v) is 4.81. The van der Waals surface area contributed by atoms with Crippen molar-refractivity contribution >= 4 is 5.69 Å². The summed E-state index contributed by atoms with van der Waals surface area (Å²) >= 11 is 0. The van der Waals surface area contributed by atoms with Crippen LogP contribution >= 0.6 is 0 Å². The minimum atomic E-state index is -0.751. The molecule has 0 aromatic heterocycles. The average molecular weight is 237 g/mol. The zero-order valence-corrected chi connectivity index (χ0v) is 11.2. The van der Waals surface area contributed by atoms with Gasteiger partial charge in [-0.25, -0.2) is 0 Å². The highest BCUT2D eigenvalue weighted by molar-refractivity contribution is 5.51. The standard InChI is InChI=1S/C14H23NO2/c1-5-17-10-12-8-6-7-9-13(12)15-11(2)14(3,4)16/h6-9,11,15-16H,5,10H2,1-4H3. The summed E-state index contributed by atoms with van der Waals surface area (Å²) < 4.78 is 5.42. The van der Waals surface area contributed by atoms with Crippen LogP contribution in [0.5, 0.6) is 0 Å². The van der Waals surface area contributed by atoms with Gasteiger partial charge in [0.2, 0.25) is 0 Å². The molecule has 0 aliphatic heterocycles. The number of nitrogens with one attached hydrogen (secondary N) is 1. The number of anilines is 1. The molecule has 0 fully saturated rings. The van der Waals surface area contributed by atoms with Crippen LogP contribution < -0.4 is 5.32 Å². The van der Waals surface area contributed by atoms with Crippen LogP contribution in [0.1, 0.15) is 33.3 Å². The van der Waals surface area contributed by atoms with E-state index in [9.17, 15) is 5.11 Å². The predicted octanol–water partition coefficient (Wildman–Crippen LogP) is 2.79. The molecule has 2 N–H and O–H groups in total. The van der Waals surface area contributed by atoms with Gasteiger partial charge in [0.1, 0.15) is 0 Å². The first kappa shape index (κ1) is 14.0. The Morgan fingerprint density at radius 3 is 2.59 bits per heavy atom. The topological polar surface area (TPSA) is 41.5 Å². The van der Waals surface area contributed by atoms with Gasteiger partial charge in [-0.1, -0.05) is 18.2 Å². The zero-order valence-electron chi connectivity index (χ0n) is 11.2. The molecule has 0 aliphatic rings. The third-order valence-electron chi connectivity index (χ3n) is 2.91. The summed E-state index contributed by atoms with van der Waals surface area (Å²) in [6.45, 7) is 8.85. The third-order valence-corrected chi connectivity index (χ3v) is 2.91. The van der Waals surface area contributed by atoms with Gasteiger partial charge in [-0.05, 0) is 33.8 Å². The largest absolute Gasteiger partial charge is 0.388 e. The van der Waals surface area contributed by atoms with Gasteiger partial charge in [0.25, 0.3) is 0 Å². The monoisotopic (exact) mass is 237 g/mol. The number of ether oxygens (including phenoxy) is 1. The average Bonchev–Trinajstić information content (AvgIpc) is 2.26. The quantitative estimate of drug-likeness (QED) is 0.799. The lowest BCUT2D eigenvalue weighted by molar-refractivity contribution is 0.0647. The number of hydrogen-bond acceptors (Lipinski definition) is 3. The van der Waals surface area contributed by atoms with Crippen molar-refractivity contribution in [3.05, 3.63) is 29.8 Å². The van der Waals surface area contributed by atoms with Crippen LogP contribution in [0.3, 0.4) is 0 Å². The Morgan fingerprint density at radius 2 is 2.00 bits per heavy atom. The van der Waals surface area contributed by atoms with E-state index in [1.54, 1.807) is 13.8 Å². The van der Waals surface area contributed by atoms with Crippen molar-refractivity contribution < 1.29 is 9.84 Å². The Labute approximate surface area is 104 Å². The van der Waals surface area contributed by atoms with Gasteiger partial charge >= 0.3 is 0 Å². The summed E-state index contributed by atoms with van der Waals surface area (Å²) in [6, 6.07) is 8.00. The predicted molar refractivity (Wildman–Crippen MR) is 71.2 cm³/mol. The van der Waals surface area contributed by atoms with Gasteiger partial charge in [0.05, 0.1) is 18.2 Å². The van der Waals surface area contributed by atoms with Crippen molar-refractivity contribution in [2.24, 2.45) is 0 Å². The van der Waals surface area contributed by atoms with Gasteiger partial charge in [-0.3, -0.25) is 0 Å². The molecule has 1 rings (SSSR count). The first-order valence-corrected chi connectivity index (χ1v) is 6.09. The molecule has 0 bridgehead atoms. The molecule has 17 heavy (non-hydrogen) atoms. The summed E-state index contributed by atoms with van der Waals surface area (Å²) in [4.78, 5) is 0. The van der Waals surface area contributed by atoms with Crippen LogP contribution in [0.15, 0.2) is 24.3 Å². The number of aliphatic hydroxyl groups is 1. The van der Waals surface area contributed by atoms with Gasteiger partial charge < -0.3 is 15.2 Å². The molecular weight excluding hydrogens is 214 g/mol. The number of para-hydroxylation sites is 1. The van der Waals surface area contributed by atoms with E-state index in [-0.39, 0.29) is 6.04 Å². The van der Waals surface area contributed by atoms with Crippen LogP contribution in [0, 0.1) is 0 Å². The SMILES string of the molecule is CCOCc1ccccc1NC(C)C(C)(C)O. The number of hydrogen-bond donors (Lipinski definition) is 2. The summed E-state index contributed by atoms with van der Waals surface area (Å²) in [5.74, 6) is 0. The maximum atomic E-state index is 9.92. The molecule has 1 aromatic carbocycles. The van der Waals surface area contributed by atoms with E-state index < -0.39 is 5.60 Å². The Bertz CT molecular complexity index is 344. The minimum absolute atomic E-state index is 0.0229.